The Morgan fingerprint density at radius 1 is 1.24 bits per heavy atom. The third kappa shape index (κ3) is 3.96. The highest BCUT2D eigenvalue weighted by atomic mass is 16.5. The number of hydrogen-bond acceptors (Lipinski definition) is 2. The predicted molar refractivity (Wildman–Crippen MR) is 90.6 cm³/mol. The van der Waals surface area contributed by atoms with Gasteiger partial charge in [-0.2, -0.15) is 0 Å². The first-order chi connectivity index (χ1) is 10.2. The Kier molecular flexibility index (Phi) is 6.01. The maximum Gasteiger partial charge on any atom is 0.0598 e. The summed E-state index contributed by atoms with van der Waals surface area (Å²) in [4.78, 5) is 0. The van der Waals surface area contributed by atoms with Crippen LogP contribution in [-0.4, -0.2) is 25.8 Å². The van der Waals surface area contributed by atoms with Crippen LogP contribution in [0.3, 0.4) is 0 Å². The molecule has 2 unspecified atom stereocenters. The fraction of sp³-hybridized carbons (Fsp3) is 0.579. The topological polar surface area (TPSA) is 21.3 Å². The smallest absolute Gasteiger partial charge is 0.0598 e. The number of hydrogen-bond donors (Lipinski definition) is 1. The van der Waals surface area contributed by atoms with Gasteiger partial charge in [0.1, 0.15) is 0 Å². The summed E-state index contributed by atoms with van der Waals surface area (Å²) in [7, 11) is 0. The molecular formula is C19H29NO. The van der Waals surface area contributed by atoms with Crippen molar-refractivity contribution in [3.8, 4) is 0 Å². The van der Waals surface area contributed by atoms with Crippen molar-refractivity contribution in [2.24, 2.45) is 0 Å². The first-order valence-electron chi connectivity index (χ1n) is 8.31. The van der Waals surface area contributed by atoms with Crippen molar-refractivity contribution in [2.45, 2.75) is 51.5 Å². The van der Waals surface area contributed by atoms with Crippen molar-refractivity contribution in [3.63, 3.8) is 0 Å². The molecule has 1 aromatic rings. The molecule has 0 radical (unpaired) electrons. The second-order valence-electron chi connectivity index (χ2n) is 6.13. The van der Waals surface area contributed by atoms with E-state index in [1.54, 1.807) is 0 Å². The fourth-order valence-corrected chi connectivity index (χ4v) is 3.23. The van der Waals surface area contributed by atoms with Crippen molar-refractivity contribution in [2.75, 3.05) is 19.8 Å². The summed E-state index contributed by atoms with van der Waals surface area (Å²) < 4.78 is 5.83. The van der Waals surface area contributed by atoms with Crippen molar-refractivity contribution >= 4 is 6.08 Å². The Hall–Kier alpha value is -1.12. The van der Waals surface area contributed by atoms with Crippen LogP contribution in [0.2, 0.25) is 0 Å². The average Bonchev–Trinajstić information content (AvgIpc) is 2.85. The number of fused-ring (bicyclic) bond motifs is 1. The second kappa shape index (κ2) is 7.77. The molecule has 1 aliphatic rings. The van der Waals surface area contributed by atoms with Crippen molar-refractivity contribution < 1.29 is 4.74 Å². The SMILES string of the molecule is CCCCNC(C)CC1(COCC)C=Cc2ccccc21. The van der Waals surface area contributed by atoms with Gasteiger partial charge in [-0.1, -0.05) is 49.8 Å². The first-order valence-corrected chi connectivity index (χ1v) is 8.31. The summed E-state index contributed by atoms with van der Waals surface area (Å²) in [6.07, 6.45) is 8.18. The minimum absolute atomic E-state index is 0.0330. The zero-order valence-electron chi connectivity index (χ0n) is 13.7. The molecule has 0 heterocycles. The minimum atomic E-state index is 0.0330. The lowest BCUT2D eigenvalue weighted by molar-refractivity contribution is 0.103. The third-order valence-corrected chi connectivity index (χ3v) is 4.34. The molecule has 0 saturated heterocycles. The van der Waals surface area contributed by atoms with Gasteiger partial charge in [-0.15, -0.1) is 0 Å². The summed E-state index contributed by atoms with van der Waals surface area (Å²) in [5.74, 6) is 0. The predicted octanol–water partition coefficient (Wildman–Crippen LogP) is 4.16. The Bertz CT molecular complexity index is 468. The van der Waals surface area contributed by atoms with Gasteiger partial charge in [0.25, 0.3) is 0 Å². The fourth-order valence-electron chi connectivity index (χ4n) is 3.23. The van der Waals surface area contributed by atoms with Crippen LogP contribution in [0.1, 0.15) is 51.2 Å². The Balaban J connectivity index is 2.10. The number of benzene rings is 1. The molecule has 0 fully saturated rings. The van der Waals surface area contributed by atoms with E-state index in [1.807, 2.05) is 0 Å². The standard InChI is InChI=1S/C19H29NO/c1-4-6-13-20-16(3)14-19(15-21-5-2)12-11-17-9-7-8-10-18(17)19/h7-12,16,20H,4-6,13-15H2,1-3H3. The largest absolute Gasteiger partial charge is 0.380 e. The number of rotatable bonds is 9. The van der Waals surface area contributed by atoms with E-state index < -0.39 is 0 Å². The molecule has 1 aromatic carbocycles. The van der Waals surface area contributed by atoms with Crippen LogP contribution < -0.4 is 5.32 Å². The van der Waals surface area contributed by atoms with Crippen LogP contribution in [-0.2, 0) is 10.2 Å². The van der Waals surface area contributed by atoms with Crippen LogP contribution in [0.4, 0.5) is 0 Å². The minimum Gasteiger partial charge on any atom is -0.380 e. The van der Waals surface area contributed by atoms with E-state index in [1.165, 1.54) is 24.0 Å². The molecule has 1 N–H and O–H groups in total. The quantitative estimate of drug-likeness (QED) is 0.689. The van der Waals surface area contributed by atoms with Gasteiger partial charge in [0.15, 0.2) is 0 Å². The Morgan fingerprint density at radius 3 is 2.81 bits per heavy atom. The highest BCUT2D eigenvalue weighted by Crippen LogP contribution is 2.39. The highest BCUT2D eigenvalue weighted by Gasteiger charge is 2.36. The van der Waals surface area contributed by atoms with Gasteiger partial charge < -0.3 is 10.1 Å². The maximum absolute atomic E-state index is 5.83. The molecule has 2 nitrogen and oxygen atoms in total. The molecule has 21 heavy (non-hydrogen) atoms. The zero-order chi connectivity index (χ0) is 15.1. The molecule has 1 aliphatic carbocycles. The van der Waals surface area contributed by atoms with Gasteiger partial charge in [-0.05, 0) is 44.4 Å². The van der Waals surface area contributed by atoms with Gasteiger partial charge in [0.05, 0.1) is 6.61 Å². The number of unbranched alkanes of at least 4 members (excludes halogenated alkanes) is 1. The second-order valence-corrected chi connectivity index (χ2v) is 6.13. The molecule has 0 saturated carbocycles. The Morgan fingerprint density at radius 2 is 2.05 bits per heavy atom. The molecule has 116 valence electrons. The lowest BCUT2D eigenvalue weighted by atomic mass is 9.78. The summed E-state index contributed by atoms with van der Waals surface area (Å²) in [5, 5.41) is 3.65. The summed E-state index contributed by atoms with van der Waals surface area (Å²) in [6.45, 7) is 9.25. The normalized spacial score (nSPS) is 21.5. The van der Waals surface area contributed by atoms with Crippen LogP contribution in [0.5, 0.6) is 0 Å². The maximum atomic E-state index is 5.83. The molecule has 2 heteroatoms. The molecule has 0 amide bonds. The lowest BCUT2D eigenvalue weighted by Crippen LogP contribution is -2.38. The van der Waals surface area contributed by atoms with Crippen molar-refractivity contribution in [1.29, 1.82) is 0 Å². The van der Waals surface area contributed by atoms with E-state index in [4.69, 9.17) is 4.74 Å². The highest BCUT2D eigenvalue weighted by molar-refractivity contribution is 5.65. The van der Waals surface area contributed by atoms with Crippen LogP contribution >= 0.6 is 0 Å². The van der Waals surface area contributed by atoms with Gasteiger partial charge in [-0.25, -0.2) is 0 Å². The van der Waals surface area contributed by atoms with Crippen LogP contribution in [0.15, 0.2) is 30.3 Å². The van der Waals surface area contributed by atoms with E-state index in [9.17, 15) is 0 Å². The van der Waals surface area contributed by atoms with E-state index in [0.29, 0.717) is 6.04 Å². The lowest BCUT2D eigenvalue weighted by Gasteiger charge is -2.32. The molecule has 0 spiro atoms. The first kappa shape index (κ1) is 16.3. The van der Waals surface area contributed by atoms with Gasteiger partial charge in [0, 0.05) is 18.1 Å². The summed E-state index contributed by atoms with van der Waals surface area (Å²) in [6, 6.07) is 9.21. The van der Waals surface area contributed by atoms with E-state index in [0.717, 1.165) is 26.2 Å². The van der Waals surface area contributed by atoms with E-state index in [-0.39, 0.29) is 5.41 Å². The number of nitrogens with one attached hydrogen (secondary N) is 1. The molecule has 2 rings (SSSR count). The van der Waals surface area contributed by atoms with E-state index in [2.05, 4.69) is 62.5 Å². The van der Waals surface area contributed by atoms with Gasteiger partial charge >= 0.3 is 0 Å². The van der Waals surface area contributed by atoms with Crippen molar-refractivity contribution in [1.82, 2.24) is 5.32 Å². The molecule has 0 aliphatic heterocycles. The molecule has 0 aromatic heterocycles. The average molecular weight is 287 g/mol. The van der Waals surface area contributed by atoms with Crippen LogP contribution in [0.25, 0.3) is 6.08 Å². The van der Waals surface area contributed by atoms with E-state index >= 15 is 0 Å². The zero-order valence-corrected chi connectivity index (χ0v) is 13.7. The van der Waals surface area contributed by atoms with Crippen molar-refractivity contribution in [3.05, 3.63) is 41.5 Å². The van der Waals surface area contributed by atoms with Crippen LogP contribution in [0, 0.1) is 0 Å². The third-order valence-electron chi connectivity index (χ3n) is 4.34. The Labute approximate surface area is 129 Å². The molecule has 2 atom stereocenters. The monoisotopic (exact) mass is 287 g/mol. The summed E-state index contributed by atoms with van der Waals surface area (Å²) in [5.41, 5.74) is 2.80. The molecule has 0 bridgehead atoms. The molecular weight excluding hydrogens is 258 g/mol. The summed E-state index contributed by atoms with van der Waals surface area (Å²) >= 11 is 0. The van der Waals surface area contributed by atoms with Gasteiger partial charge in [0.2, 0.25) is 0 Å². The number of ether oxygens (including phenoxy) is 1. The van der Waals surface area contributed by atoms with Gasteiger partial charge in [-0.3, -0.25) is 0 Å².